The average molecular weight is 440 g/mol. The van der Waals surface area contributed by atoms with Crippen LogP contribution in [0.25, 0.3) is 17.0 Å². The van der Waals surface area contributed by atoms with Gasteiger partial charge in [0.2, 0.25) is 20.9 Å². The third-order valence-corrected chi connectivity index (χ3v) is 5.49. The number of rotatable bonds is 5. The molecule has 10 nitrogen and oxygen atoms in total. The Balaban J connectivity index is 1.69. The topological polar surface area (TPSA) is 125 Å². The number of nitrogens with one attached hydrogen (secondary N) is 1. The Bertz CT molecular complexity index is 1400. The number of anilines is 1. The minimum Gasteiger partial charge on any atom is -0.309 e. The molecular weight excluding hydrogens is 418 g/mol. The van der Waals surface area contributed by atoms with E-state index in [0.717, 1.165) is 17.6 Å². The van der Waals surface area contributed by atoms with Crippen LogP contribution < -0.4 is 5.32 Å². The van der Waals surface area contributed by atoms with Gasteiger partial charge in [-0.2, -0.15) is 9.78 Å². The van der Waals surface area contributed by atoms with Crippen LogP contribution in [-0.2, 0) is 21.2 Å². The number of fused-ring (bicyclic) bond motifs is 1. The van der Waals surface area contributed by atoms with Gasteiger partial charge < -0.3 is 9.88 Å². The molecule has 0 bridgehead atoms. The van der Waals surface area contributed by atoms with Crippen molar-refractivity contribution < 1.29 is 13.2 Å². The maximum absolute atomic E-state index is 12.9. The molecule has 0 fully saturated rings. The van der Waals surface area contributed by atoms with Crippen molar-refractivity contribution in [3.8, 4) is 5.95 Å². The molecule has 31 heavy (non-hydrogen) atoms. The molecule has 4 rings (SSSR count). The summed E-state index contributed by atoms with van der Waals surface area (Å²) in [5.74, 6) is 0.294. The highest BCUT2D eigenvalue weighted by atomic mass is 32.2. The lowest BCUT2D eigenvalue weighted by molar-refractivity contribution is -0.116. The van der Waals surface area contributed by atoms with Gasteiger partial charge in [-0.05, 0) is 39.0 Å². The highest BCUT2D eigenvalue weighted by molar-refractivity contribution is 7.90. The van der Waals surface area contributed by atoms with E-state index in [0.29, 0.717) is 28.5 Å². The highest BCUT2D eigenvalue weighted by Crippen LogP contribution is 2.20. The normalized spacial score (nSPS) is 11.7. The number of sulfone groups is 1. The van der Waals surface area contributed by atoms with Crippen LogP contribution in [-0.4, -0.2) is 49.9 Å². The summed E-state index contributed by atoms with van der Waals surface area (Å²) in [6.45, 7) is 5.26. The van der Waals surface area contributed by atoms with Gasteiger partial charge in [-0.1, -0.05) is 12.1 Å². The molecule has 0 aliphatic carbocycles. The van der Waals surface area contributed by atoms with E-state index in [4.69, 9.17) is 0 Å². The number of aryl methyl sites for hydroxylation is 3. The van der Waals surface area contributed by atoms with Gasteiger partial charge in [0.1, 0.15) is 12.4 Å². The van der Waals surface area contributed by atoms with Crippen LogP contribution in [0, 0.1) is 20.8 Å². The summed E-state index contributed by atoms with van der Waals surface area (Å²) >= 11 is 0. The summed E-state index contributed by atoms with van der Waals surface area (Å²) in [6.07, 6.45) is 1.07. The molecule has 11 heteroatoms. The first-order valence-corrected chi connectivity index (χ1v) is 11.4. The average Bonchev–Trinajstić information content (AvgIpc) is 3.21. The number of amides is 1. The first-order valence-electron chi connectivity index (χ1n) is 9.46. The second kappa shape index (κ2) is 7.58. The van der Waals surface area contributed by atoms with E-state index in [1.807, 2.05) is 19.9 Å². The SMILES string of the molecule is Cc1cc(C)nc(-n2nc(C)cc2NC(=O)Cn2c(S(C)(=O)=O)nc3ccccc32)n1. The number of carbonyl (C=O) groups is 1. The summed E-state index contributed by atoms with van der Waals surface area (Å²) < 4.78 is 27.3. The number of hydrogen-bond acceptors (Lipinski definition) is 7. The fourth-order valence-corrected chi connectivity index (χ4v) is 4.19. The largest absolute Gasteiger partial charge is 0.309 e. The minimum absolute atomic E-state index is 0.161. The quantitative estimate of drug-likeness (QED) is 0.504. The van der Waals surface area contributed by atoms with Crippen molar-refractivity contribution in [3.63, 3.8) is 0 Å². The van der Waals surface area contributed by atoms with Gasteiger partial charge >= 0.3 is 0 Å². The van der Waals surface area contributed by atoms with E-state index in [1.165, 1.54) is 9.25 Å². The van der Waals surface area contributed by atoms with Gasteiger partial charge in [0, 0.05) is 23.7 Å². The molecule has 0 aliphatic rings. The van der Waals surface area contributed by atoms with Crippen LogP contribution in [0.2, 0.25) is 0 Å². The summed E-state index contributed by atoms with van der Waals surface area (Å²) in [4.78, 5) is 25.9. The number of imidazole rings is 1. The van der Waals surface area contributed by atoms with Crippen molar-refractivity contribution in [2.24, 2.45) is 0 Å². The lowest BCUT2D eigenvalue weighted by atomic mass is 10.3. The van der Waals surface area contributed by atoms with E-state index in [-0.39, 0.29) is 11.7 Å². The van der Waals surface area contributed by atoms with Crippen molar-refractivity contribution in [1.82, 2.24) is 29.3 Å². The van der Waals surface area contributed by atoms with Crippen LogP contribution in [0.3, 0.4) is 0 Å². The molecule has 3 aromatic heterocycles. The summed E-state index contributed by atoms with van der Waals surface area (Å²) in [5, 5.41) is 7.01. The smallest absolute Gasteiger partial charge is 0.252 e. The van der Waals surface area contributed by atoms with Crippen molar-refractivity contribution in [2.75, 3.05) is 11.6 Å². The Morgan fingerprint density at radius 2 is 1.68 bits per heavy atom. The van der Waals surface area contributed by atoms with Gasteiger partial charge in [0.05, 0.1) is 16.7 Å². The van der Waals surface area contributed by atoms with Crippen LogP contribution in [0.4, 0.5) is 5.82 Å². The van der Waals surface area contributed by atoms with Crippen LogP contribution >= 0.6 is 0 Å². The fourth-order valence-electron chi connectivity index (χ4n) is 3.36. The van der Waals surface area contributed by atoms with E-state index in [2.05, 4.69) is 25.4 Å². The Morgan fingerprint density at radius 3 is 2.35 bits per heavy atom. The zero-order chi connectivity index (χ0) is 22.3. The number of aromatic nitrogens is 6. The Labute approximate surface area is 178 Å². The molecule has 1 N–H and O–H groups in total. The molecule has 160 valence electrons. The molecule has 0 aliphatic heterocycles. The number of nitrogens with zero attached hydrogens (tertiary/aromatic N) is 6. The van der Waals surface area contributed by atoms with Gasteiger partial charge in [0.15, 0.2) is 0 Å². The molecule has 0 atom stereocenters. The van der Waals surface area contributed by atoms with Gasteiger partial charge in [-0.25, -0.2) is 23.4 Å². The zero-order valence-electron chi connectivity index (χ0n) is 17.5. The van der Waals surface area contributed by atoms with Crippen LogP contribution in [0.15, 0.2) is 41.6 Å². The monoisotopic (exact) mass is 439 g/mol. The van der Waals surface area contributed by atoms with Crippen molar-refractivity contribution >= 4 is 32.6 Å². The van der Waals surface area contributed by atoms with Gasteiger partial charge in [-0.15, -0.1) is 0 Å². The van der Waals surface area contributed by atoms with E-state index < -0.39 is 15.7 Å². The van der Waals surface area contributed by atoms with E-state index in [1.54, 1.807) is 37.3 Å². The molecular formula is C20H21N7O3S. The van der Waals surface area contributed by atoms with Crippen molar-refractivity contribution in [2.45, 2.75) is 32.5 Å². The van der Waals surface area contributed by atoms with Gasteiger partial charge in [0.25, 0.3) is 5.95 Å². The summed E-state index contributed by atoms with van der Waals surface area (Å²) in [6, 6.07) is 10.5. The third-order valence-electron chi connectivity index (χ3n) is 4.51. The molecule has 1 aromatic carbocycles. The van der Waals surface area contributed by atoms with Crippen LogP contribution in [0.1, 0.15) is 17.1 Å². The number of carbonyl (C=O) groups excluding carboxylic acids is 1. The third kappa shape index (κ3) is 4.17. The Hall–Kier alpha value is -3.60. The van der Waals surface area contributed by atoms with E-state index in [9.17, 15) is 13.2 Å². The highest BCUT2D eigenvalue weighted by Gasteiger charge is 2.22. The Morgan fingerprint density at radius 1 is 1.00 bits per heavy atom. The van der Waals surface area contributed by atoms with Crippen LogP contribution in [0.5, 0.6) is 0 Å². The lowest BCUT2D eigenvalue weighted by Crippen LogP contribution is -2.23. The first kappa shape index (κ1) is 20.7. The summed E-state index contributed by atoms with van der Waals surface area (Å²) in [7, 11) is -3.64. The zero-order valence-corrected chi connectivity index (χ0v) is 18.3. The first-order chi connectivity index (χ1) is 14.6. The Kier molecular flexibility index (Phi) is 5.05. The molecule has 0 saturated heterocycles. The second-order valence-electron chi connectivity index (χ2n) is 7.32. The van der Waals surface area contributed by atoms with Crippen molar-refractivity contribution in [1.29, 1.82) is 0 Å². The standard InChI is InChI=1S/C20H21N7O3S/c1-12-9-13(2)22-19(21-12)27-17(10-14(3)25-27)24-18(28)11-26-16-8-6-5-7-15(16)23-20(26)31(4,29)30/h5-10H,11H2,1-4H3,(H,24,28). The molecule has 3 heterocycles. The van der Waals surface area contributed by atoms with Crippen molar-refractivity contribution in [3.05, 3.63) is 53.5 Å². The predicted molar refractivity (Wildman–Crippen MR) is 115 cm³/mol. The molecule has 1 amide bonds. The number of benzene rings is 1. The minimum atomic E-state index is -3.64. The fraction of sp³-hybridized carbons (Fsp3) is 0.250. The molecule has 4 aromatic rings. The van der Waals surface area contributed by atoms with Gasteiger partial charge in [-0.3, -0.25) is 4.79 Å². The number of para-hydroxylation sites is 2. The predicted octanol–water partition coefficient (Wildman–Crippen LogP) is 1.98. The maximum Gasteiger partial charge on any atom is 0.252 e. The number of hydrogen-bond donors (Lipinski definition) is 1. The van der Waals surface area contributed by atoms with E-state index >= 15 is 0 Å². The lowest BCUT2D eigenvalue weighted by Gasteiger charge is -2.11. The molecule has 0 saturated carbocycles. The summed E-state index contributed by atoms with van der Waals surface area (Å²) in [5.41, 5.74) is 3.27. The molecule has 0 unspecified atom stereocenters. The second-order valence-corrected chi connectivity index (χ2v) is 9.23. The molecule has 0 radical (unpaired) electrons. The maximum atomic E-state index is 12.9. The molecule has 0 spiro atoms.